The summed E-state index contributed by atoms with van der Waals surface area (Å²) in [7, 11) is 0. The van der Waals surface area contributed by atoms with E-state index in [1.807, 2.05) is 76.2 Å². The second-order valence-corrected chi connectivity index (χ2v) is 9.16. The fourth-order valence-electron chi connectivity index (χ4n) is 3.49. The molecular formula is C25H33N3O4. The number of likely N-dealkylation sites (tertiary alicyclic amines) is 1. The number of hydrogen-bond acceptors (Lipinski definition) is 5. The molecule has 32 heavy (non-hydrogen) atoms. The van der Waals surface area contributed by atoms with E-state index in [4.69, 9.17) is 9.47 Å². The lowest BCUT2D eigenvalue weighted by Gasteiger charge is -2.32. The summed E-state index contributed by atoms with van der Waals surface area (Å²) in [6.45, 7) is 9.31. The number of aryl methyl sites for hydroxylation is 1. The van der Waals surface area contributed by atoms with Crippen LogP contribution in [-0.4, -0.2) is 48.2 Å². The summed E-state index contributed by atoms with van der Waals surface area (Å²) < 4.78 is 11.3. The number of rotatable bonds is 6. The third-order valence-corrected chi connectivity index (χ3v) is 5.09. The third kappa shape index (κ3) is 7.57. The van der Waals surface area contributed by atoms with Crippen LogP contribution in [0.15, 0.2) is 48.5 Å². The van der Waals surface area contributed by atoms with E-state index >= 15 is 0 Å². The van der Waals surface area contributed by atoms with Gasteiger partial charge < -0.3 is 20.1 Å². The Labute approximate surface area is 190 Å². The van der Waals surface area contributed by atoms with Crippen molar-refractivity contribution in [3.05, 3.63) is 54.1 Å². The Bertz CT molecular complexity index is 914. The van der Waals surface area contributed by atoms with Gasteiger partial charge in [0.25, 0.3) is 0 Å². The Morgan fingerprint density at radius 2 is 1.69 bits per heavy atom. The van der Waals surface area contributed by atoms with E-state index in [0.29, 0.717) is 11.4 Å². The summed E-state index contributed by atoms with van der Waals surface area (Å²) in [5, 5.41) is 5.88. The number of anilines is 1. The number of hydrogen-bond donors (Lipinski definition) is 2. The average molecular weight is 440 g/mol. The SMILES string of the molecule is Cc1ccc(Oc2ccccc2NC(=O)CN2CCC(NC(=O)OC(C)(C)C)CC2)cc1. The number of nitrogens with one attached hydrogen (secondary N) is 2. The summed E-state index contributed by atoms with van der Waals surface area (Å²) in [6, 6.07) is 15.3. The van der Waals surface area contributed by atoms with Gasteiger partial charge in [-0.1, -0.05) is 29.8 Å². The third-order valence-electron chi connectivity index (χ3n) is 5.09. The van der Waals surface area contributed by atoms with E-state index in [0.717, 1.165) is 37.2 Å². The minimum atomic E-state index is -0.512. The van der Waals surface area contributed by atoms with Crippen LogP contribution >= 0.6 is 0 Å². The molecular weight excluding hydrogens is 406 g/mol. The molecule has 2 N–H and O–H groups in total. The summed E-state index contributed by atoms with van der Waals surface area (Å²) in [5.74, 6) is 1.23. The van der Waals surface area contributed by atoms with Crippen LogP contribution in [0.3, 0.4) is 0 Å². The molecule has 0 atom stereocenters. The number of carbonyl (C=O) groups is 2. The monoisotopic (exact) mass is 439 g/mol. The molecule has 1 aliphatic rings. The fourth-order valence-corrected chi connectivity index (χ4v) is 3.49. The van der Waals surface area contributed by atoms with Gasteiger partial charge in [-0.25, -0.2) is 4.79 Å². The molecule has 0 bridgehead atoms. The number of piperidine rings is 1. The first-order chi connectivity index (χ1) is 15.2. The van der Waals surface area contributed by atoms with Crippen LogP contribution < -0.4 is 15.4 Å². The van der Waals surface area contributed by atoms with Crippen LogP contribution in [0.1, 0.15) is 39.2 Å². The molecule has 3 rings (SSSR count). The maximum absolute atomic E-state index is 12.6. The number of benzene rings is 2. The van der Waals surface area contributed by atoms with E-state index in [1.165, 1.54) is 0 Å². The average Bonchev–Trinajstić information content (AvgIpc) is 2.71. The minimum absolute atomic E-state index is 0.0628. The molecule has 0 saturated carbocycles. The summed E-state index contributed by atoms with van der Waals surface area (Å²) >= 11 is 0. The van der Waals surface area contributed by atoms with Crippen molar-refractivity contribution in [2.75, 3.05) is 25.0 Å². The molecule has 2 amide bonds. The Morgan fingerprint density at radius 3 is 2.34 bits per heavy atom. The Balaban J connectivity index is 1.47. The second-order valence-electron chi connectivity index (χ2n) is 9.16. The highest BCUT2D eigenvalue weighted by atomic mass is 16.6. The number of para-hydroxylation sites is 2. The number of ether oxygens (including phenoxy) is 2. The standard InChI is InChI=1S/C25H33N3O4/c1-18-9-11-20(12-10-18)31-22-8-6-5-7-21(22)27-23(29)17-28-15-13-19(14-16-28)26-24(30)32-25(2,3)4/h5-12,19H,13-17H2,1-4H3,(H,26,30)(H,27,29). The molecule has 0 unspecified atom stereocenters. The van der Waals surface area contributed by atoms with E-state index in [-0.39, 0.29) is 24.6 Å². The van der Waals surface area contributed by atoms with Crippen molar-refractivity contribution in [2.24, 2.45) is 0 Å². The Morgan fingerprint density at radius 1 is 1.03 bits per heavy atom. The number of nitrogens with zero attached hydrogens (tertiary/aromatic N) is 1. The normalized spacial score (nSPS) is 15.1. The van der Waals surface area contributed by atoms with Crippen molar-refractivity contribution >= 4 is 17.7 Å². The maximum atomic E-state index is 12.6. The highest BCUT2D eigenvalue weighted by Crippen LogP contribution is 2.29. The molecule has 0 spiro atoms. The molecule has 0 aromatic heterocycles. The fraction of sp³-hybridized carbons (Fsp3) is 0.440. The van der Waals surface area contributed by atoms with Crippen molar-refractivity contribution in [1.29, 1.82) is 0 Å². The quantitative estimate of drug-likeness (QED) is 0.681. The zero-order chi connectivity index (χ0) is 23.1. The van der Waals surface area contributed by atoms with Crippen molar-refractivity contribution in [3.8, 4) is 11.5 Å². The zero-order valence-electron chi connectivity index (χ0n) is 19.3. The first-order valence-corrected chi connectivity index (χ1v) is 11.0. The molecule has 1 fully saturated rings. The number of alkyl carbamates (subject to hydrolysis) is 1. The van der Waals surface area contributed by atoms with Gasteiger partial charge in [-0.05, 0) is 64.8 Å². The molecule has 0 aliphatic carbocycles. The Kier molecular flexibility index (Phi) is 7.75. The molecule has 2 aromatic carbocycles. The number of amides is 2. The molecule has 1 aliphatic heterocycles. The summed E-state index contributed by atoms with van der Waals surface area (Å²) in [5.41, 5.74) is 1.28. The summed E-state index contributed by atoms with van der Waals surface area (Å²) in [4.78, 5) is 26.7. The topological polar surface area (TPSA) is 79.9 Å². The highest BCUT2D eigenvalue weighted by Gasteiger charge is 2.24. The smallest absolute Gasteiger partial charge is 0.407 e. The minimum Gasteiger partial charge on any atom is -0.455 e. The molecule has 7 nitrogen and oxygen atoms in total. The van der Waals surface area contributed by atoms with Gasteiger partial charge in [0.05, 0.1) is 12.2 Å². The van der Waals surface area contributed by atoms with Gasteiger partial charge in [-0.3, -0.25) is 9.69 Å². The maximum Gasteiger partial charge on any atom is 0.407 e. The lowest BCUT2D eigenvalue weighted by Crippen LogP contribution is -2.47. The van der Waals surface area contributed by atoms with Crippen molar-refractivity contribution < 1.29 is 19.1 Å². The Hall–Kier alpha value is -3.06. The highest BCUT2D eigenvalue weighted by molar-refractivity contribution is 5.93. The molecule has 1 saturated heterocycles. The molecule has 1 heterocycles. The van der Waals surface area contributed by atoms with Gasteiger partial charge in [0, 0.05) is 19.1 Å². The van der Waals surface area contributed by atoms with Gasteiger partial charge in [0.1, 0.15) is 11.4 Å². The van der Waals surface area contributed by atoms with Gasteiger partial charge in [-0.15, -0.1) is 0 Å². The number of carbonyl (C=O) groups excluding carboxylic acids is 2. The van der Waals surface area contributed by atoms with Crippen LogP contribution in [0, 0.1) is 6.92 Å². The molecule has 172 valence electrons. The molecule has 7 heteroatoms. The van der Waals surface area contributed by atoms with E-state index in [9.17, 15) is 9.59 Å². The lowest BCUT2D eigenvalue weighted by atomic mass is 10.1. The first kappa shape index (κ1) is 23.6. The zero-order valence-corrected chi connectivity index (χ0v) is 19.3. The predicted molar refractivity (Wildman–Crippen MR) is 125 cm³/mol. The van der Waals surface area contributed by atoms with Crippen LogP contribution in [0.2, 0.25) is 0 Å². The van der Waals surface area contributed by atoms with Gasteiger partial charge >= 0.3 is 6.09 Å². The van der Waals surface area contributed by atoms with Crippen LogP contribution in [0.25, 0.3) is 0 Å². The van der Waals surface area contributed by atoms with E-state index in [2.05, 4.69) is 15.5 Å². The van der Waals surface area contributed by atoms with Crippen LogP contribution in [0.5, 0.6) is 11.5 Å². The van der Waals surface area contributed by atoms with Crippen molar-refractivity contribution in [1.82, 2.24) is 10.2 Å². The van der Waals surface area contributed by atoms with E-state index in [1.54, 1.807) is 0 Å². The molecule has 2 aromatic rings. The predicted octanol–water partition coefficient (Wildman–Crippen LogP) is 4.71. The molecule has 0 radical (unpaired) electrons. The van der Waals surface area contributed by atoms with Crippen molar-refractivity contribution in [2.45, 2.75) is 52.2 Å². The van der Waals surface area contributed by atoms with Gasteiger partial charge in [0.15, 0.2) is 5.75 Å². The summed E-state index contributed by atoms with van der Waals surface area (Å²) in [6.07, 6.45) is 1.16. The van der Waals surface area contributed by atoms with Gasteiger partial charge in [0.2, 0.25) is 5.91 Å². The van der Waals surface area contributed by atoms with Crippen molar-refractivity contribution in [3.63, 3.8) is 0 Å². The second kappa shape index (κ2) is 10.5. The largest absolute Gasteiger partial charge is 0.455 e. The lowest BCUT2D eigenvalue weighted by molar-refractivity contribution is -0.117. The first-order valence-electron chi connectivity index (χ1n) is 11.0. The van der Waals surface area contributed by atoms with Crippen LogP contribution in [0.4, 0.5) is 10.5 Å². The van der Waals surface area contributed by atoms with E-state index < -0.39 is 5.60 Å². The van der Waals surface area contributed by atoms with Crippen LogP contribution in [-0.2, 0) is 9.53 Å². The van der Waals surface area contributed by atoms with Gasteiger partial charge in [-0.2, -0.15) is 0 Å².